The van der Waals surface area contributed by atoms with Gasteiger partial charge in [-0.25, -0.2) is 0 Å². The minimum absolute atomic E-state index is 0.0243. The van der Waals surface area contributed by atoms with Crippen molar-refractivity contribution in [3.8, 4) is 0 Å². The molecule has 0 atom stereocenters. The maximum absolute atomic E-state index is 10.2. The number of carboxylic acid groups (broad SMARTS) is 1. The van der Waals surface area contributed by atoms with Gasteiger partial charge in [-0.2, -0.15) is 0 Å². The highest BCUT2D eigenvalue weighted by Crippen LogP contribution is 2.10. The van der Waals surface area contributed by atoms with E-state index < -0.39 is 5.97 Å². The molecule has 1 aromatic carbocycles. The molecular formula is C10H12BrNO2. The molecule has 0 spiro atoms. The molecular weight excluding hydrogens is 246 g/mol. The number of hydrogen-bond acceptors (Lipinski definition) is 2. The average molecular weight is 258 g/mol. The lowest BCUT2D eigenvalue weighted by Crippen LogP contribution is -2.24. The largest absolute Gasteiger partial charge is 0.480 e. The molecule has 0 radical (unpaired) electrons. The molecule has 0 heterocycles. The second kappa shape index (κ2) is 5.78. The highest BCUT2D eigenvalue weighted by atomic mass is 79.9. The fourth-order valence-electron chi connectivity index (χ4n) is 1.08. The first-order valence-corrected chi connectivity index (χ1v) is 5.15. The molecule has 14 heavy (non-hydrogen) atoms. The van der Waals surface area contributed by atoms with Gasteiger partial charge in [0.05, 0.1) is 6.54 Å². The Morgan fingerprint density at radius 3 is 2.57 bits per heavy atom. The topological polar surface area (TPSA) is 49.3 Å². The third-order valence-electron chi connectivity index (χ3n) is 1.78. The van der Waals surface area contributed by atoms with E-state index >= 15 is 0 Å². The van der Waals surface area contributed by atoms with E-state index in [-0.39, 0.29) is 6.54 Å². The van der Waals surface area contributed by atoms with Crippen molar-refractivity contribution in [2.75, 3.05) is 13.1 Å². The van der Waals surface area contributed by atoms with Crippen LogP contribution in [0, 0.1) is 0 Å². The Morgan fingerprint density at radius 2 is 2.00 bits per heavy atom. The maximum Gasteiger partial charge on any atom is 0.317 e. The van der Waals surface area contributed by atoms with Gasteiger partial charge < -0.3 is 10.4 Å². The van der Waals surface area contributed by atoms with E-state index in [1.807, 2.05) is 24.3 Å². The molecule has 0 saturated heterocycles. The van der Waals surface area contributed by atoms with Gasteiger partial charge >= 0.3 is 5.97 Å². The molecule has 2 N–H and O–H groups in total. The van der Waals surface area contributed by atoms with E-state index in [1.165, 1.54) is 5.56 Å². The zero-order valence-corrected chi connectivity index (χ0v) is 9.25. The molecule has 0 saturated carbocycles. The number of nitrogens with one attached hydrogen (secondary N) is 1. The molecule has 0 fully saturated rings. The summed E-state index contributed by atoms with van der Waals surface area (Å²) >= 11 is 3.35. The molecule has 0 aliphatic carbocycles. The van der Waals surface area contributed by atoms with Gasteiger partial charge in [0.15, 0.2) is 0 Å². The van der Waals surface area contributed by atoms with Crippen LogP contribution in [0.25, 0.3) is 0 Å². The second-order valence-electron chi connectivity index (χ2n) is 2.95. The monoisotopic (exact) mass is 257 g/mol. The lowest BCUT2D eigenvalue weighted by molar-refractivity contribution is -0.135. The van der Waals surface area contributed by atoms with E-state index in [1.54, 1.807) is 0 Å². The van der Waals surface area contributed by atoms with Crippen LogP contribution in [0.2, 0.25) is 0 Å². The predicted octanol–water partition coefficient (Wildman–Crippen LogP) is 1.67. The summed E-state index contributed by atoms with van der Waals surface area (Å²) in [5, 5.41) is 11.2. The van der Waals surface area contributed by atoms with Crippen LogP contribution >= 0.6 is 15.9 Å². The molecule has 0 unspecified atom stereocenters. The number of aliphatic carboxylic acids is 1. The predicted molar refractivity (Wildman–Crippen MR) is 58.4 cm³/mol. The summed E-state index contributed by atoms with van der Waals surface area (Å²) < 4.78 is 1.06. The van der Waals surface area contributed by atoms with Crippen molar-refractivity contribution in [3.63, 3.8) is 0 Å². The standard InChI is InChI=1S/C10H12BrNO2/c11-9-3-1-8(2-4-9)5-6-12-7-10(13)14/h1-4,12H,5-7H2,(H,13,14). The zero-order valence-electron chi connectivity index (χ0n) is 7.66. The number of rotatable bonds is 5. The number of halogens is 1. The normalized spacial score (nSPS) is 10.1. The first-order chi connectivity index (χ1) is 6.68. The number of hydrogen-bond donors (Lipinski definition) is 2. The Labute approximate surface area is 91.3 Å². The van der Waals surface area contributed by atoms with Gasteiger partial charge in [-0.15, -0.1) is 0 Å². The van der Waals surface area contributed by atoms with Crippen molar-refractivity contribution < 1.29 is 9.90 Å². The lowest BCUT2D eigenvalue weighted by Gasteiger charge is -2.02. The summed E-state index contributed by atoms with van der Waals surface area (Å²) in [5.41, 5.74) is 1.20. The molecule has 76 valence electrons. The van der Waals surface area contributed by atoms with Gasteiger partial charge in [-0.05, 0) is 30.7 Å². The van der Waals surface area contributed by atoms with Crippen molar-refractivity contribution >= 4 is 21.9 Å². The van der Waals surface area contributed by atoms with Gasteiger partial charge in [0, 0.05) is 4.47 Å². The van der Waals surface area contributed by atoms with E-state index in [9.17, 15) is 4.79 Å². The fourth-order valence-corrected chi connectivity index (χ4v) is 1.34. The Morgan fingerprint density at radius 1 is 1.36 bits per heavy atom. The molecule has 1 aromatic rings. The van der Waals surface area contributed by atoms with Crippen LogP contribution in [0.3, 0.4) is 0 Å². The van der Waals surface area contributed by atoms with E-state index in [0.717, 1.165) is 10.9 Å². The van der Waals surface area contributed by atoms with Gasteiger partial charge in [0.25, 0.3) is 0 Å². The van der Waals surface area contributed by atoms with Crippen molar-refractivity contribution in [1.82, 2.24) is 5.32 Å². The summed E-state index contributed by atoms with van der Waals surface area (Å²) in [5.74, 6) is -0.819. The van der Waals surface area contributed by atoms with Gasteiger partial charge in [-0.1, -0.05) is 28.1 Å². The van der Waals surface area contributed by atoms with Crippen molar-refractivity contribution in [3.05, 3.63) is 34.3 Å². The lowest BCUT2D eigenvalue weighted by atomic mass is 10.1. The van der Waals surface area contributed by atoms with Gasteiger partial charge in [-0.3, -0.25) is 4.79 Å². The molecule has 0 aliphatic rings. The van der Waals surface area contributed by atoms with Crippen LogP contribution in [0.15, 0.2) is 28.7 Å². The second-order valence-corrected chi connectivity index (χ2v) is 3.86. The van der Waals surface area contributed by atoms with E-state index in [0.29, 0.717) is 6.54 Å². The summed E-state index contributed by atoms with van der Waals surface area (Å²) in [6.07, 6.45) is 0.848. The van der Waals surface area contributed by atoms with Gasteiger partial charge in [0.2, 0.25) is 0 Å². The fraction of sp³-hybridized carbons (Fsp3) is 0.300. The van der Waals surface area contributed by atoms with Crippen LogP contribution in [0.1, 0.15) is 5.56 Å². The molecule has 3 nitrogen and oxygen atoms in total. The highest BCUT2D eigenvalue weighted by molar-refractivity contribution is 9.10. The Bertz CT molecular complexity index is 297. The molecule has 0 bridgehead atoms. The van der Waals surface area contributed by atoms with Crippen LogP contribution < -0.4 is 5.32 Å². The molecule has 0 aliphatic heterocycles. The molecule has 0 amide bonds. The van der Waals surface area contributed by atoms with Crippen LogP contribution in [-0.2, 0) is 11.2 Å². The summed E-state index contributed by atoms with van der Waals surface area (Å²) in [6.45, 7) is 0.713. The zero-order chi connectivity index (χ0) is 10.4. The number of benzene rings is 1. The summed E-state index contributed by atoms with van der Waals surface area (Å²) in [4.78, 5) is 10.2. The number of carbonyl (C=O) groups is 1. The van der Waals surface area contributed by atoms with Gasteiger partial charge in [0.1, 0.15) is 0 Å². The van der Waals surface area contributed by atoms with Crippen LogP contribution in [0.5, 0.6) is 0 Å². The van der Waals surface area contributed by atoms with Crippen LogP contribution in [-0.4, -0.2) is 24.2 Å². The smallest absolute Gasteiger partial charge is 0.317 e. The van der Waals surface area contributed by atoms with Crippen molar-refractivity contribution in [2.24, 2.45) is 0 Å². The highest BCUT2D eigenvalue weighted by Gasteiger charge is 1.96. The molecule has 4 heteroatoms. The minimum atomic E-state index is -0.819. The summed E-state index contributed by atoms with van der Waals surface area (Å²) in [7, 11) is 0. The molecule has 0 aromatic heterocycles. The van der Waals surface area contributed by atoms with E-state index in [2.05, 4.69) is 21.2 Å². The Kier molecular flexibility index (Phi) is 4.62. The van der Waals surface area contributed by atoms with Crippen LogP contribution in [0.4, 0.5) is 0 Å². The third-order valence-corrected chi connectivity index (χ3v) is 2.31. The van der Waals surface area contributed by atoms with Crippen molar-refractivity contribution in [2.45, 2.75) is 6.42 Å². The minimum Gasteiger partial charge on any atom is -0.480 e. The molecule has 1 rings (SSSR count). The first-order valence-electron chi connectivity index (χ1n) is 4.35. The Hall–Kier alpha value is -0.870. The Balaban J connectivity index is 2.25. The quantitative estimate of drug-likeness (QED) is 0.790. The third kappa shape index (κ3) is 4.39. The SMILES string of the molecule is O=C(O)CNCCc1ccc(Br)cc1. The number of carboxylic acids is 1. The maximum atomic E-state index is 10.2. The summed E-state index contributed by atoms with van der Waals surface area (Å²) in [6, 6.07) is 8.00. The first kappa shape index (κ1) is 11.2. The van der Waals surface area contributed by atoms with E-state index in [4.69, 9.17) is 5.11 Å². The van der Waals surface area contributed by atoms with Crippen molar-refractivity contribution in [1.29, 1.82) is 0 Å². The average Bonchev–Trinajstić information content (AvgIpc) is 2.15.